The van der Waals surface area contributed by atoms with E-state index in [2.05, 4.69) is 10.3 Å². The van der Waals surface area contributed by atoms with Crippen LogP contribution in [0.3, 0.4) is 0 Å². The molecule has 4 aromatic rings. The third kappa shape index (κ3) is 2.21. The van der Waals surface area contributed by atoms with Gasteiger partial charge >= 0.3 is 0 Å². The Morgan fingerprint density at radius 3 is 2.68 bits per heavy atom. The first-order chi connectivity index (χ1) is 12.3. The van der Waals surface area contributed by atoms with Crippen LogP contribution in [0.5, 0.6) is 17.2 Å². The van der Waals surface area contributed by atoms with Gasteiger partial charge in [-0.25, -0.2) is 4.98 Å². The number of para-hydroxylation sites is 3. The lowest BCUT2D eigenvalue weighted by molar-refractivity contribution is 0.414. The number of oxazole rings is 1. The molecule has 2 heterocycles. The lowest BCUT2D eigenvalue weighted by Gasteiger charge is -2.21. The number of benzene rings is 3. The fourth-order valence-corrected chi connectivity index (χ4v) is 3.00. The molecule has 1 N–H and O–H groups in total. The lowest BCUT2D eigenvalue weighted by atomic mass is 10.2. The van der Waals surface area contributed by atoms with Gasteiger partial charge in [-0.2, -0.15) is 0 Å². The topological polar surface area (TPSA) is 56.5 Å². The SMILES string of the molecule is COc1ccccc1-c1nc2cc3c(cc2o1)Oc1ccccc1N3. The second-order valence-corrected chi connectivity index (χ2v) is 5.76. The normalized spacial score (nSPS) is 12.0. The van der Waals surface area contributed by atoms with E-state index >= 15 is 0 Å². The van der Waals surface area contributed by atoms with E-state index in [0.29, 0.717) is 17.2 Å². The number of methoxy groups -OCH3 is 1. The predicted octanol–water partition coefficient (Wildman–Crippen LogP) is 5.35. The van der Waals surface area contributed by atoms with E-state index in [9.17, 15) is 0 Å². The second kappa shape index (κ2) is 5.27. The maximum Gasteiger partial charge on any atom is 0.231 e. The van der Waals surface area contributed by atoms with Crippen molar-refractivity contribution in [1.82, 2.24) is 4.98 Å². The quantitative estimate of drug-likeness (QED) is 0.472. The second-order valence-electron chi connectivity index (χ2n) is 5.76. The summed E-state index contributed by atoms with van der Waals surface area (Å²) in [6, 6.07) is 19.3. The number of fused-ring (bicyclic) bond motifs is 3. The Hall–Kier alpha value is -3.47. The summed E-state index contributed by atoms with van der Waals surface area (Å²) in [5.74, 6) is 2.75. The highest BCUT2D eigenvalue weighted by Gasteiger charge is 2.20. The van der Waals surface area contributed by atoms with E-state index < -0.39 is 0 Å². The first-order valence-corrected chi connectivity index (χ1v) is 7.94. The van der Waals surface area contributed by atoms with Crippen molar-refractivity contribution in [2.45, 2.75) is 0 Å². The van der Waals surface area contributed by atoms with Crippen LogP contribution in [0.4, 0.5) is 11.4 Å². The molecule has 1 aromatic heterocycles. The predicted molar refractivity (Wildman–Crippen MR) is 95.8 cm³/mol. The number of ether oxygens (including phenoxy) is 2. The number of nitrogens with zero attached hydrogens (tertiary/aromatic N) is 1. The molecule has 1 aliphatic heterocycles. The zero-order chi connectivity index (χ0) is 16.8. The summed E-state index contributed by atoms with van der Waals surface area (Å²) in [6.07, 6.45) is 0. The third-order valence-electron chi connectivity index (χ3n) is 4.20. The Bertz CT molecular complexity index is 1040. The van der Waals surface area contributed by atoms with Gasteiger partial charge in [0.1, 0.15) is 11.3 Å². The van der Waals surface area contributed by atoms with Gasteiger partial charge in [-0.3, -0.25) is 0 Å². The summed E-state index contributed by atoms with van der Waals surface area (Å²) in [7, 11) is 1.63. The van der Waals surface area contributed by atoms with Crippen LogP contribution in [0.2, 0.25) is 0 Å². The Labute approximate surface area is 143 Å². The van der Waals surface area contributed by atoms with Crippen molar-refractivity contribution in [2.75, 3.05) is 12.4 Å². The van der Waals surface area contributed by atoms with E-state index in [0.717, 1.165) is 34.0 Å². The van der Waals surface area contributed by atoms with Gasteiger partial charge in [0.25, 0.3) is 0 Å². The van der Waals surface area contributed by atoms with Crippen molar-refractivity contribution in [3.8, 4) is 28.7 Å². The fourth-order valence-electron chi connectivity index (χ4n) is 3.00. The Morgan fingerprint density at radius 2 is 1.76 bits per heavy atom. The van der Waals surface area contributed by atoms with Crippen molar-refractivity contribution in [1.29, 1.82) is 0 Å². The lowest BCUT2D eigenvalue weighted by Crippen LogP contribution is -2.02. The molecular weight excluding hydrogens is 316 g/mol. The van der Waals surface area contributed by atoms with Crippen molar-refractivity contribution >= 4 is 22.5 Å². The van der Waals surface area contributed by atoms with Gasteiger partial charge in [-0.1, -0.05) is 24.3 Å². The fraction of sp³-hybridized carbons (Fsp3) is 0.0500. The summed E-state index contributed by atoms with van der Waals surface area (Å²) in [4.78, 5) is 4.61. The largest absolute Gasteiger partial charge is 0.496 e. The first-order valence-electron chi connectivity index (χ1n) is 7.94. The molecule has 25 heavy (non-hydrogen) atoms. The minimum absolute atomic E-state index is 0.521. The molecule has 0 saturated carbocycles. The molecule has 0 unspecified atom stereocenters. The van der Waals surface area contributed by atoms with Crippen LogP contribution < -0.4 is 14.8 Å². The molecule has 1 aliphatic rings. The van der Waals surface area contributed by atoms with Gasteiger partial charge in [0.15, 0.2) is 17.1 Å². The average Bonchev–Trinajstić information content (AvgIpc) is 3.06. The molecule has 5 heteroatoms. The Morgan fingerprint density at radius 1 is 0.920 bits per heavy atom. The molecule has 0 fully saturated rings. The van der Waals surface area contributed by atoms with Gasteiger partial charge in [0, 0.05) is 6.07 Å². The summed E-state index contributed by atoms with van der Waals surface area (Å²) < 4.78 is 17.3. The third-order valence-corrected chi connectivity index (χ3v) is 4.20. The number of anilines is 2. The van der Waals surface area contributed by atoms with Crippen molar-refractivity contribution < 1.29 is 13.9 Å². The molecule has 0 saturated heterocycles. The zero-order valence-electron chi connectivity index (χ0n) is 13.4. The number of rotatable bonds is 2. The van der Waals surface area contributed by atoms with Crippen LogP contribution in [0.15, 0.2) is 65.1 Å². The monoisotopic (exact) mass is 330 g/mol. The molecule has 0 amide bonds. The van der Waals surface area contributed by atoms with Crippen molar-refractivity contribution in [2.24, 2.45) is 0 Å². The average molecular weight is 330 g/mol. The molecule has 0 atom stereocenters. The zero-order valence-corrected chi connectivity index (χ0v) is 13.4. The maximum atomic E-state index is 5.97. The molecule has 122 valence electrons. The van der Waals surface area contributed by atoms with Crippen LogP contribution in [0, 0.1) is 0 Å². The van der Waals surface area contributed by atoms with E-state index in [1.165, 1.54) is 0 Å². The Balaban J connectivity index is 1.63. The van der Waals surface area contributed by atoms with Crippen LogP contribution in [-0.2, 0) is 0 Å². The summed E-state index contributed by atoms with van der Waals surface area (Å²) in [5.41, 5.74) is 4.04. The van der Waals surface area contributed by atoms with E-state index in [1.54, 1.807) is 7.11 Å². The van der Waals surface area contributed by atoms with Crippen LogP contribution in [0.1, 0.15) is 0 Å². The maximum absolute atomic E-state index is 5.97. The molecular formula is C20H14N2O3. The highest BCUT2D eigenvalue weighted by atomic mass is 16.5. The molecule has 0 bridgehead atoms. The number of nitrogens with one attached hydrogen (secondary N) is 1. The van der Waals surface area contributed by atoms with E-state index in [-0.39, 0.29) is 0 Å². The van der Waals surface area contributed by atoms with Crippen molar-refractivity contribution in [3.63, 3.8) is 0 Å². The van der Waals surface area contributed by atoms with Crippen LogP contribution >= 0.6 is 0 Å². The summed E-state index contributed by atoms with van der Waals surface area (Å²) in [5, 5.41) is 3.37. The van der Waals surface area contributed by atoms with Crippen LogP contribution in [0.25, 0.3) is 22.6 Å². The molecule has 5 rings (SSSR count). The summed E-state index contributed by atoms with van der Waals surface area (Å²) >= 11 is 0. The van der Waals surface area contributed by atoms with Crippen LogP contribution in [-0.4, -0.2) is 12.1 Å². The first kappa shape index (κ1) is 13.9. The molecule has 0 spiro atoms. The number of hydrogen-bond donors (Lipinski definition) is 1. The van der Waals surface area contributed by atoms with Gasteiger partial charge in [-0.05, 0) is 30.3 Å². The van der Waals surface area contributed by atoms with Gasteiger partial charge in [0.05, 0.1) is 24.0 Å². The Kier molecular flexibility index (Phi) is 2.94. The molecule has 3 aromatic carbocycles. The minimum atomic E-state index is 0.521. The van der Waals surface area contributed by atoms with Gasteiger partial charge in [-0.15, -0.1) is 0 Å². The smallest absolute Gasteiger partial charge is 0.231 e. The molecule has 5 nitrogen and oxygen atoms in total. The van der Waals surface area contributed by atoms with E-state index in [1.807, 2.05) is 60.7 Å². The van der Waals surface area contributed by atoms with Gasteiger partial charge in [0.2, 0.25) is 5.89 Å². The highest BCUT2D eigenvalue weighted by Crippen LogP contribution is 2.44. The summed E-state index contributed by atoms with van der Waals surface area (Å²) in [6.45, 7) is 0. The standard InChI is InChI=1S/C20H14N2O3/c1-23-16-8-4-2-6-12(16)20-22-15-10-14-18(11-19(15)25-20)24-17-9-5-3-7-13(17)21-14/h2-11,21H,1H3. The van der Waals surface area contributed by atoms with E-state index in [4.69, 9.17) is 13.9 Å². The number of aromatic nitrogens is 1. The van der Waals surface area contributed by atoms with Crippen molar-refractivity contribution in [3.05, 3.63) is 60.7 Å². The number of hydrogen-bond acceptors (Lipinski definition) is 5. The minimum Gasteiger partial charge on any atom is -0.496 e. The molecule has 0 radical (unpaired) electrons. The van der Waals surface area contributed by atoms with Gasteiger partial charge < -0.3 is 19.2 Å². The highest BCUT2D eigenvalue weighted by molar-refractivity contribution is 5.87. The molecule has 0 aliphatic carbocycles.